The highest BCUT2D eigenvalue weighted by Gasteiger charge is 2.35. The van der Waals surface area contributed by atoms with E-state index in [0.29, 0.717) is 0 Å². The van der Waals surface area contributed by atoms with Gasteiger partial charge in [-0.05, 0) is 51.1 Å². The molecule has 2 unspecified atom stereocenters. The van der Waals surface area contributed by atoms with Crippen LogP contribution in [0.25, 0.3) is 0 Å². The summed E-state index contributed by atoms with van der Waals surface area (Å²) in [5.74, 6) is 0.952. The molecule has 1 aliphatic heterocycles. The average molecular weight is 222 g/mol. The van der Waals surface area contributed by atoms with Gasteiger partial charge in [-0.1, -0.05) is 19.8 Å². The summed E-state index contributed by atoms with van der Waals surface area (Å²) >= 11 is 0. The molecule has 1 N–H and O–H groups in total. The van der Waals surface area contributed by atoms with Gasteiger partial charge in [0.2, 0.25) is 0 Å². The van der Waals surface area contributed by atoms with E-state index in [-0.39, 0.29) is 0 Å². The van der Waals surface area contributed by atoms with E-state index in [9.17, 15) is 0 Å². The lowest BCUT2D eigenvalue weighted by atomic mass is 10.0. The number of likely N-dealkylation sites (tertiary alicyclic amines) is 1. The van der Waals surface area contributed by atoms with E-state index in [1.165, 1.54) is 58.0 Å². The molecular formula is C14H26N2. The van der Waals surface area contributed by atoms with Crippen molar-refractivity contribution in [1.29, 1.82) is 0 Å². The lowest BCUT2D eigenvalue weighted by Gasteiger charge is -2.36. The molecule has 2 aliphatic carbocycles. The minimum atomic E-state index is 0.826. The van der Waals surface area contributed by atoms with Crippen LogP contribution < -0.4 is 5.32 Å². The minimum Gasteiger partial charge on any atom is -0.311 e. The molecule has 0 bridgehead atoms. The third-order valence-electron chi connectivity index (χ3n) is 4.93. The van der Waals surface area contributed by atoms with Crippen LogP contribution in [0.5, 0.6) is 0 Å². The van der Waals surface area contributed by atoms with Gasteiger partial charge >= 0.3 is 0 Å². The number of piperidine rings is 1. The Morgan fingerprint density at radius 1 is 1.00 bits per heavy atom. The molecule has 0 amide bonds. The van der Waals surface area contributed by atoms with E-state index in [1.807, 2.05) is 0 Å². The maximum Gasteiger partial charge on any atom is 0.00989 e. The molecule has 2 heteroatoms. The van der Waals surface area contributed by atoms with Gasteiger partial charge in [-0.15, -0.1) is 0 Å². The number of nitrogens with zero attached hydrogens (tertiary/aromatic N) is 1. The second kappa shape index (κ2) is 4.66. The molecule has 1 saturated heterocycles. The SMILES string of the molecule is CC1CC1NC1CCN(C2CCCC2)CC1. The van der Waals surface area contributed by atoms with Gasteiger partial charge in [-0.2, -0.15) is 0 Å². The quantitative estimate of drug-likeness (QED) is 0.789. The van der Waals surface area contributed by atoms with E-state index in [1.54, 1.807) is 0 Å². The van der Waals surface area contributed by atoms with Gasteiger partial charge in [-0.3, -0.25) is 0 Å². The fourth-order valence-electron chi connectivity index (χ4n) is 3.56. The molecule has 0 radical (unpaired) electrons. The molecule has 2 saturated carbocycles. The van der Waals surface area contributed by atoms with Crippen molar-refractivity contribution in [2.75, 3.05) is 13.1 Å². The first-order valence-electron chi connectivity index (χ1n) is 7.33. The summed E-state index contributed by atoms with van der Waals surface area (Å²) in [5, 5.41) is 3.83. The normalized spacial score (nSPS) is 38.1. The van der Waals surface area contributed by atoms with E-state index < -0.39 is 0 Å². The van der Waals surface area contributed by atoms with Gasteiger partial charge in [0.05, 0.1) is 0 Å². The predicted molar refractivity (Wildman–Crippen MR) is 67.6 cm³/mol. The zero-order valence-electron chi connectivity index (χ0n) is 10.6. The summed E-state index contributed by atoms with van der Waals surface area (Å²) in [6.07, 6.45) is 10.1. The van der Waals surface area contributed by atoms with Gasteiger partial charge in [0.25, 0.3) is 0 Å². The van der Waals surface area contributed by atoms with E-state index in [0.717, 1.165) is 24.0 Å². The van der Waals surface area contributed by atoms with Crippen LogP contribution in [0.4, 0.5) is 0 Å². The molecule has 3 rings (SSSR count). The second-order valence-electron chi connectivity index (χ2n) is 6.23. The van der Waals surface area contributed by atoms with Gasteiger partial charge in [0.1, 0.15) is 0 Å². The van der Waals surface area contributed by atoms with Crippen LogP contribution in [-0.4, -0.2) is 36.1 Å². The van der Waals surface area contributed by atoms with Crippen LogP contribution in [0.3, 0.4) is 0 Å². The number of rotatable bonds is 3. The Kier molecular flexibility index (Phi) is 3.21. The predicted octanol–water partition coefficient (Wildman–Crippen LogP) is 2.39. The van der Waals surface area contributed by atoms with Crippen LogP contribution >= 0.6 is 0 Å². The lowest BCUT2D eigenvalue weighted by molar-refractivity contribution is 0.144. The molecule has 0 aromatic carbocycles. The van der Waals surface area contributed by atoms with Crippen molar-refractivity contribution in [2.45, 2.75) is 70.0 Å². The summed E-state index contributed by atoms with van der Waals surface area (Å²) in [6.45, 7) is 5.07. The molecular weight excluding hydrogens is 196 g/mol. The van der Waals surface area contributed by atoms with Crippen LogP contribution in [-0.2, 0) is 0 Å². The first kappa shape index (κ1) is 11.0. The fourth-order valence-corrected chi connectivity index (χ4v) is 3.56. The Balaban J connectivity index is 1.41. The smallest absolute Gasteiger partial charge is 0.00989 e. The highest BCUT2D eigenvalue weighted by molar-refractivity contribution is 4.93. The number of hydrogen-bond donors (Lipinski definition) is 1. The zero-order valence-corrected chi connectivity index (χ0v) is 10.6. The van der Waals surface area contributed by atoms with Gasteiger partial charge in [-0.25, -0.2) is 0 Å². The molecule has 0 aromatic rings. The lowest BCUT2D eigenvalue weighted by Crippen LogP contribution is -2.46. The summed E-state index contributed by atoms with van der Waals surface area (Å²) in [5.41, 5.74) is 0. The first-order chi connectivity index (χ1) is 7.83. The maximum absolute atomic E-state index is 3.83. The van der Waals surface area contributed by atoms with E-state index in [2.05, 4.69) is 17.1 Å². The molecule has 3 fully saturated rings. The molecule has 2 nitrogen and oxygen atoms in total. The molecule has 92 valence electrons. The van der Waals surface area contributed by atoms with Crippen molar-refractivity contribution in [3.63, 3.8) is 0 Å². The van der Waals surface area contributed by atoms with Crippen molar-refractivity contribution in [2.24, 2.45) is 5.92 Å². The van der Waals surface area contributed by atoms with Gasteiger partial charge in [0, 0.05) is 18.1 Å². The molecule has 3 aliphatic rings. The van der Waals surface area contributed by atoms with Crippen LogP contribution in [0, 0.1) is 5.92 Å². The zero-order chi connectivity index (χ0) is 11.0. The molecule has 1 heterocycles. The maximum atomic E-state index is 3.83. The van der Waals surface area contributed by atoms with Crippen molar-refractivity contribution < 1.29 is 0 Å². The summed E-state index contributed by atoms with van der Waals surface area (Å²) in [6, 6.07) is 2.64. The van der Waals surface area contributed by atoms with Crippen molar-refractivity contribution in [1.82, 2.24) is 10.2 Å². The van der Waals surface area contributed by atoms with Crippen molar-refractivity contribution in [3.05, 3.63) is 0 Å². The Morgan fingerprint density at radius 2 is 1.62 bits per heavy atom. The molecule has 0 spiro atoms. The first-order valence-corrected chi connectivity index (χ1v) is 7.33. The molecule has 2 atom stereocenters. The van der Waals surface area contributed by atoms with Crippen LogP contribution in [0.1, 0.15) is 51.9 Å². The van der Waals surface area contributed by atoms with Gasteiger partial charge < -0.3 is 10.2 Å². The fraction of sp³-hybridized carbons (Fsp3) is 1.00. The highest BCUT2D eigenvalue weighted by Crippen LogP contribution is 2.31. The third-order valence-corrected chi connectivity index (χ3v) is 4.93. The monoisotopic (exact) mass is 222 g/mol. The Labute approximate surface area is 99.8 Å². The largest absolute Gasteiger partial charge is 0.311 e. The van der Waals surface area contributed by atoms with Crippen molar-refractivity contribution >= 4 is 0 Å². The summed E-state index contributed by atoms with van der Waals surface area (Å²) in [7, 11) is 0. The second-order valence-corrected chi connectivity index (χ2v) is 6.23. The third kappa shape index (κ3) is 2.43. The Hall–Kier alpha value is -0.0800. The van der Waals surface area contributed by atoms with Crippen LogP contribution in [0.15, 0.2) is 0 Å². The van der Waals surface area contributed by atoms with Crippen LogP contribution in [0.2, 0.25) is 0 Å². The molecule has 0 aromatic heterocycles. The summed E-state index contributed by atoms with van der Waals surface area (Å²) in [4.78, 5) is 2.77. The average Bonchev–Trinajstić information content (AvgIpc) is 2.83. The standard InChI is InChI=1S/C14H26N2/c1-11-10-14(11)15-12-6-8-16(9-7-12)13-4-2-3-5-13/h11-15H,2-10H2,1H3. The van der Waals surface area contributed by atoms with E-state index >= 15 is 0 Å². The Bertz CT molecular complexity index is 227. The minimum absolute atomic E-state index is 0.826. The van der Waals surface area contributed by atoms with E-state index in [4.69, 9.17) is 0 Å². The number of hydrogen-bond acceptors (Lipinski definition) is 2. The van der Waals surface area contributed by atoms with Crippen molar-refractivity contribution in [3.8, 4) is 0 Å². The van der Waals surface area contributed by atoms with Gasteiger partial charge in [0.15, 0.2) is 0 Å². The molecule has 16 heavy (non-hydrogen) atoms. The topological polar surface area (TPSA) is 15.3 Å². The summed E-state index contributed by atoms with van der Waals surface area (Å²) < 4.78 is 0. The Morgan fingerprint density at radius 3 is 2.19 bits per heavy atom. The number of nitrogens with one attached hydrogen (secondary N) is 1. The highest BCUT2D eigenvalue weighted by atomic mass is 15.2.